The normalized spacial score (nSPS) is 8.64. The predicted octanol–water partition coefficient (Wildman–Crippen LogP) is 1.37. The van der Waals surface area contributed by atoms with Gasteiger partial charge in [-0.05, 0) is 24.3 Å². The number of carboxylic acids is 1. The van der Waals surface area contributed by atoms with Crippen LogP contribution in [0.2, 0.25) is 0 Å². The minimum atomic E-state index is -0.937. The molecule has 0 spiro atoms. The third-order valence-corrected chi connectivity index (χ3v) is 1.30. The lowest BCUT2D eigenvalue weighted by Gasteiger charge is -1.92. The topological polar surface area (TPSA) is 37.3 Å². The summed E-state index contributed by atoms with van der Waals surface area (Å²) >= 11 is 0. The van der Waals surface area contributed by atoms with Crippen molar-refractivity contribution in [1.29, 1.82) is 0 Å². The fourth-order valence-corrected chi connectivity index (χ4v) is 0.709. The molecule has 2 heteroatoms. The molecule has 0 aromatic heterocycles. The monoisotopic (exact) mass is 146 g/mol. The standard InChI is InChI=1S/C9H6O2/c1-2-7-3-5-8(6-4-7)9(10)11/h1,3-6H,(H,10,11). The van der Waals surface area contributed by atoms with Crippen LogP contribution in [0, 0.1) is 12.3 Å². The molecule has 0 unspecified atom stereocenters. The van der Waals surface area contributed by atoms with Crippen molar-refractivity contribution in [2.24, 2.45) is 0 Å². The van der Waals surface area contributed by atoms with Crippen LogP contribution in [0.3, 0.4) is 0 Å². The fourth-order valence-electron chi connectivity index (χ4n) is 0.709. The van der Waals surface area contributed by atoms with Gasteiger partial charge in [0.05, 0.1) is 5.56 Å². The smallest absolute Gasteiger partial charge is 0.335 e. The van der Waals surface area contributed by atoms with Crippen LogP contribution in [0.15, 0.2) is 24.3 Å². The van der Waals surface area contributed by atoms with Gasteiger partial charge in [-0.3, -0.25) is 0 Å². The summed E-state index contributed by atoms with van der Waals surface area (Å²) in [6.45, 7) is 0. The van der Waals surface area contributed by atoms with E-state index in [0.29, 0.717) is 5.56 Å². The average molecular weight is 146 g/mol. The van der Waals surface area contributed by atoms with Crippen LogP contribution >= 0.6 is 0 Å². The van der Waals surface area contributed by atoms with E-state index in [1.807, 2.05) is 0 Å². The summed E-state index contributed by atoms with van der Waals surface area (Å²) in [6, 6.07) is 6.17. The summed E-state index contributed by atoms with van der Waals surface area (Å²) in [7, 11) is 0. The molecule has 1 rings (SSSR count). The summed E-state index contributed by atoms with van der Waals surface area (Å²) in [5, 5.41) is 8.50. The van der Waals surface area contributed by atoms with Crippen molar-refractivity contribution in [3.05, 3.63) is 35.4 Å². The van der Waals surface area contributed by atoms with Gasteiger partial charge in [-0.25, -0.2) is 4.79 Å². The van der Waals surface area contributed by atoms with Gasteiger partial charge in [0.15, 0.2) is 0 Å². The molecule has 0 saturated heterocycles. The molecule has 0 heterocycles. The highest BCUT2D eigenvalue weighted by atomic mass is 16.4. The quantitative estimate of drug-likeness (QED) is 0.607. The molecule has 1 N–H and O–H groups in total. The third-order valence-electron chi connectivity index (χ3n) is 1.30. The maximum Gasteiger partial charge on any atom is 0.335 e. The molecule has 1 aromatic rings. The molecule has 0 fully saturated rings. The van der Waals surface area contributed by atoms with Crippen LogP contribution in [0.4, 0.5) is 0 Å². The van der Waals surface area contributed by atoms with E-state index in [1.54, 1.807) is 12.1 Å². The predicted molar refractivity (Wildman–Crippen MR) is 41.3 cm³/mol. The second-order valence-electron chi connectivity index (χ2n) is 2.03. The summed E-state index contributed by atoms with van der Waals surface area (Å²) < 4.78 is 0. The van der Waals surface area contributed by atoms with Gasteiger partial charge in [0, 0.05) is 5.56 Å². The van der Waals surface area contributed by atoms with E-state index in [-0.39, 0.29) is 5.56 Å². The Balaban J connectivity index is 3.03. The zero-order chi connectivity index (χ0) is 8.27. The van der Waals surface area contributed by atoms with Crippen LogP contribution in [0.5, 0.6) is 0 Å². The Hall–Kier alpha value is -1.75. The van der Waals surface area contributed by atoms with Crippen molar-refractivity contribution in [3.63, 3.8) is 0 Å². The highest BCUT2D eigenvalue weighted by molar-refractivity contribution is 5.87. The molecule has 0 radical (unpaired) electrons. The molecular weight excluding hydrogens is 140 g/mol. The van der Waals surface area contributed by atoms with Crippen molar-refractivity contribution in [2.75, 3.05) is 0 Å². The number of terminal acetylenes is 1. The molecule has 0 aliphatic carbocycles. The molecule has 0 aliphatic rings. The maximum absolute atomic E-state index is 10.3. The van der Waals surface area contributed by atoms with E-state index in [0.717, 1.165) is 0 Å². The Kier molecular flexibility index (Phi) is 1.93. The van der Waals surface area contributed by atoms with E-state index in [2.05, 4.69) is 5.92 Å². The minimum Gasteiger partial charge on any atom is -0.478 e. The number of aromatic carboxylic acids is 1. The number of benzene rings is 1. The molecule has 54 valence electrons. The summed E-state index contributed by atoms with van der Waals surface area (Å²) in [6.07, 6.45) is 5.08. The maximum atomic E-state index is 10.3. The van der Waals surface area contributed by atoms with Crippen LogP contribution in [-0.4, -0.2) is 11.1 Å². The first-order valence-electron chi connectivity index (χ1n) is 3.04. The Morgan fingerprint density at radius 2 is 1.91 bits per heavy atom. The fraction of sp³-hybridized carbons (Fsp3) is 0. The van der Waals surface area contributed by atoms with Crippen LogP contribution < -0.4 is 0 Å². The second-order valence-corrected chi connectivity index (χ2v) is 2.03. The van der Waals surface area contributed by atoms with Gasteiger partial charge < -0.3 is 5.11 Å². The van der Waals surface area contributed by atoms with E-state index in [9.17, 15) is 4.79 Å². The SMILES string of the molecule is C#Cc1ccc(C(=O)O)cc1. The summed E-state index contributed by atoms with van der Waals surface area (Å²) in [4.78, 5) is 10.3. The van der Waals surface area contributed by atoms with E-state index >= 15 is 0 Å². The summed E-state index contributed by atoms with van der Waals surface area (Å²) in [5.41, 5.74) is 0.944. The number of carbonyl (C=O) groups is 1. The lowest BCUT2D eigenvalue weighted by molar-refractivity contribution is 0.0697. The van der Waals surface area contributed by atoms with Crippen molar-refractivity contribution in [2.45, 2.75) is 0 Å². The molecule has 2 nitrogen and oxygen atoms in total. The van der Waals surface area contributed by atoms with E-state index < -0.39 is 5.97 Å². The van der Waals surface area contributed by atoms with E-state index in [4.69, 9.17) is 11.5 Å². The lowest BCUT2D eigenvalue weighted by atomic mass is 10.1. The van der Waals surface area contributed by atoms with Gasteiger partial charge in [-0.1, -0.05) is 5.92 Å². The molecule has 0 amide bonds. The van der Waals surface area contributed by atoms with Gasteiger partial charge in [0.25, 0.3) is 0 Å². The number of hydrogen-bond acceptors (Lipinski definition) is 1. The zero-order valence-corrected chi connectivity index (χ0v) is 5.74. The largest absolute Gasteiger partial charge is 0.478 e. The Bertz CT molecular complexity index is 303. The number of hydrogen-bond donors (Lipinski definition) is 1. The molecule has 1 aromatic carbocycles. The molecule has 0 aliphatic heterocycles. The first-order valence-corrected chi connectivity index (χ1v) is 3.04. The number of rotatable bonds is 1. The lowest BCUT2D eigenvalue weighted by Crippen LogP contribution is -1.94. The van der Waals surface area contributed by atoms with Crippen molar-refractivity contribution in [3.8, 4) is 12.3 Å². The molecule has 0 atom stereocenters. The Morgan fingerprint density at radius 3 is 2.27 bits per heavy atom. The van der Waals surface area contributed by atoms with Gasteiger partial charge in [-0.15, -0.1) is 6.42 Å². The van der Waals surface area contributed by atoms with Gasteiger partial charge in [0.2, 0.25) is 0 Å². The van der Waals surface area contributed by atoms with Crippen molar-refractivity contribution in [1.82, 2.24) is 0 Å². The minimum absolute atomic E-state index is 0.254. The molecule has 0 bridgehead atoms. The van der Waals surface area contributed by atoms with Crippen LogP contribution in [0.1, 0.15) is 15.9 Å². The molecule has 11 heavy (non-hydrogen) atoms. The molecule has 0 saturated carbocycles. The highest BCUT2D eigenvalue weighted by Gasteiger charge is 1.99. The van der Waals surface area contributed by atoms with E-state index in [1.165, 1.54) is 12.1 Å². The van der Waals surface area contributed by atoms with Crippen molar-refractivity contribution < 1.29 is 9.90 Å². The Morgan fingerprint density at radius 1 is 1.36 bits per heavy atom. The highest BCUT2D eigenvalue weighted by Crippen LogP contribution is 2.02. The zero-order valence-electron chi connectivity index (χ0n) is 5.74. The first-order chi connectivity index (χ1) is 5.24. The average Bonchev–Trinajstić information content (AvgIpc) is 2.05. The van der Waals surface area contributed by atoms with Crippen LogP contribution in [-0.2, 0) is 0 Å². The Labute approximate surface area is 64.5 Å². The van der Waals surface area contributed by atoms with Crippen molar-refractivity contribution >= 4 is 5.97 Å². The second kappa shape index (κ2) is 2.89. The van der Waals surface area contributed by atoms with Crippen LogP contribution in [0.25, 0.3) is 0 Å². The van der Waals surface area contributed by atoms with Gasteiger partial charge in [-0.2, -0.15) is 0 Å². The van der Waals surface area contributed by atoms with Gasteiger partial charge in [0.1, 0.15) is 0 Å². The first kappa shape index (κ1) is 7.36. The number of carboxylic acid groups (broad SMARTS) is 1. The molecular formula is C9H6O2. The van der Waals surface area contributed by atoms with Gasteiger partial charge >= 0.3 is 5.97 Å². The summed E-state index contributed by atoms with van der Waals surface area (Å²) in [5.74, 6) is 1.46. The third kappa shape index (κ3) is 1.59.